The monoisotopic (exact) mass is 369 g/mol. The molecule has 1 amide bonds. The number of unbranched alkanes of at least 4 members (excludes halogenated alkanes) is 2. The number of imidazole rings is 1. The van der Waals surface area contributed by atoms with Crippen molar-refractivity contribution in [2.75, 3.05) is 6.54 Å². The predicted molar refractivity (Wildman–Crippen MR) is 103 cm³/mol. The van der Waals surface area contributed by atoms with Crippen LogP contribution in [-0.2, 0) is 11.3 Å². The Balaban J connectivity index is 1.79. The van der Waals surface area contributed by atoms with Gasteiger partial charge < -0.3 is 19.7 Å². The van der Waals surface area contributed by atoms with Gasteiger partial charge in [-0.1, -0.05) is 31.9 Å². The first-order chi connectivity index (χ1) is 13.1. The van der Waals surface area contributed by atoms with Gasteiger partial charge in [0.25, 0.3) is 5.91 Å². The van der Waals surface area contributed by atoms with Crippen LogP contribution in [0.15, 0.2) is 54.3 Å². The van der Waals surface area contributed by atoms with Crippen molar-refractivity contribution in [2.45, 2.75) is 51.6 Å². The Morgan fingerprint density at radius 3 is 2.52 bits per heavy atom. The number of aryl methyl sites for hydroxylation is 1. The molecule has 0 saturated carbocycles. The van der Waals surface area contributed by atoms with Gasteiger partial charge in [0.2, 0.25) is 0 Å². The summed E-state index contributed by atoms with van der Waals surface area (Å²) in [7, 11) is 0. The van der Waals surface area contributed by atoms with E-state index in [0.717, 1.165) is 43.4 Å². The van der Waals surface area contributed by atoms with Crippen LogP contribution in [0.5, 0.6) is 5.75 Å². The minimum absolute atomic E-state index is 0.105. The van der Waals surface area contributed by atoms with Gasteiger partial charge in [-0.05, 0) is 37.0 Å². The lowest BCUT2D eigenvalue weighted by molar-refractivity contribution is -0.129. The van der Waals surface area contributed by atoms with Crippen molar-refractivity contribution in [3.05, 3.63) is 59.9 Å². The number of amides is 1. The highest BCUT2D eigenvalue weighted by atomic mass is 16.3. The summed E-state index contributed by atoms with van der Waals surface area (Å²) in [5, 5.41) is 20.1. The third-order valence-corrected chi connectivity index (χ3v) is 5.04. The van der Waals surface area contributed by atoms with Crippen LogP contribution in [0.3, 0.4) is 0 Å². The molecule has 0 spiro atoms. The van der Waals surface area contributed by atoms with Crippen molar-refractivity contribution in [3.63, 3.8) is 0 Å². The van der Waals surface area contributed by atoms with Crippen molar-refractivity contribution >= 4 is 5.91 Å². The zero-order chi connectivity index (χ0) is 19.2. The molecule has 0 saturated heterocycles. The highest BCUT2D eigenvalue weighted by Crippen LogP contribution is 2.40. The summed E-state index contributed by atoms with van der Waals surface area (Å²) < 4.78 is 1.98. The number of aromatic hydroxyl groups is 1. The van der Waals surface area contributed by atoms with E-state index < -0.39 is 0 Å². The number of carbonyl (C=O) groups is 1. The minimum Gasteiger partial charge on any atom is -0.508 e. The van der Waals surface area contributed by atoms with Crippen molar-refractivity contribution in [1.82, 2.24) is 14.5 Å². The summed E-state index contributed by atoms with van der Waals surface area (Å²) in [4.78, 5) is 18.5. The van der Waals surface area contributed by atoms with Crippen LogP contribution >= 0.6 is 0 Å². The molecule has 144 valence electrons. The molecule has 0 bridgehead atoms. The van der Waals surface area contributed by atoms with Gasteiger partial charge in [0.1, 0.15) is 5.75 Å². The fourth-order valence-corrected chi connectivity index (χ4v) is 3.64. The summed E-state index contributed by atoms with van der Waals surface area (Å²) in [5.74, 6) is -0.215. The van der Waals surface area contributed by atoms with E-state index in [2.05, 4.69) is 11.9 Å². The summed E-state index contributed by atoms with van der Waals surface area (Å²) in [6, 6.07) is 6.64. The van der Waals surface area contributed by atoms with Crippen molar-refractivity contribution < 1.29 is 15.0 Å². The first-order valence-corrected chi connectivity index (χ1v) is 9.59. The van der Waals surface area contributed by atoms with E-state index in [1.807, 2.05) is 22.9 Å². The predicted octanol–water partition coefficient (Wildman–Crippen LogP) is 3.95. The number of phenols is 1. The summed E-state index contributed by atoms with van der Waals surface area (Å²) >= 11 is 0. The Labute approximate surface area is 159 Å². The van der Waals surface area contributed by atoms with Crippen LogP contribution in [-0.4, -0.2) is 37.1 Å². The molecule has 1 aliphatic rings. The minimum atomic E-state index is -0.301. The van der Waals surface area contributed by atoms with E-state index in [1.165, 1.54) is 0 Å². The molecule has 2 N–H and O–H groups in total. The number of carbonyl (C=O) groups excluding carboxylic acids is 1. The van der Waals surface area contributed by atoms with Gasteiger partial charge in [0.05, 0.1) is 12.4 Å². The summed E-state index contributed by atoms with van der Waals surface area (Å²) in [5.41, 5.74) is 1.71. The number of hydrogen-bond donors (Lipinski definition) is 2. The van der Waals surface area contributed by atoms with Crippen molar-refractivity contribution in [2.24, 2.45) is 0 Å². The topological polar surface area (TPSA) is 78.6 Å². The van der Waals surface area contributed by atoms with Gasteiger partial charge in [-0.25, -0.2) is 4.98 Å². The fourth-order valence-electron chi connectivity index (χ4n) is 3.64. The van der Waals surface area contributed by atoms with Crippen LogP contribution < -0.4 is 0 Å². The molecule has 1 atom stereocenters. The van der Waals surface area contributed by atoms with E-state index >= 15 is 0 Å². The van der Waals surface area contributed by atoms with Crippen LogP contribution in [0.2, 0.25) is 0 Å². The van der Waals surface area contributed by atoms with E-state index in [1.54, 1.807) is 29.6 Å². The second kappa shape index (κ2) is 8.75. The lowest BCUT2D eigenvalue weighted by atomic mass is 9.95. The lowest BCUT2D eigenvalue weighted by Crippen LogP contribution is -2.32. The first-order valence-electron chi connectivity index (χ1n) is 9.59. The van der Waals surface area contributed by atoms with Gasteiger partial charge in [0, 0.05) is 31.1 Å². The maximum Gasteiger partial charge on any atom is 0.289 e. The third kappa shape index (κ3) is 4.32. The average Bonchev–Trinajstić information content (AvgIpc) is 3.26. The van der Waals surface area contributed by atoms with Crippen LogP contribution in [0.4, 0.5) is 0 Å². The normalized spacial score (nSPS) is 17.1. The molecule has 2 aromatic rings. The lowest BCUT2D eigenvalue weighted by Gasteiger charge is -2.27. The smallest absolute Gasteiger partial charge is 0.289 e. The standard InChI is InChI=1S/C21H27N3O3/c1-2-3-4-6-18-19(16-7-9-17(25)10-8-16)24(21(27)20(18)26)13-5-12-23-14-11-22-15-23/h7-11,14-15,19,25-26H,2-6,12-13H2,1H3. The number of aromatic nitrogens is 2. The van der Waals surface area contributed by atoms with Crippen LogP contribution in [0.1, 0.15) is 50.6 Å². The largest absolute Gasteiger partial charge is 0.508 e. The Hall–Kier alpha value is -2.76. The molecule has 1 aromatic carbocycles. The molecule has 6 nitrogen and oxygen atoms in total. The molecule has 0 radical (unpaired) electrons. The van der Waals surface area contributed by atoms with Gasteiger partial charge in [-0.3, -0.25) is 4.79 Å². The third-order valence-electron chi connectivity index (χ3n) is 5.04. The quantitative estimate of drug-likeness (QED) is 0.656. The van der Waals surface area contributed by atoms with Crippen LogP contribution in [0.25, 0.3) is 0 Å². The summed E-state index contributed by atoms with van der Waals surface area (Å²) in [6.07, 6.45) is 9.96. The fraction of sp³-hybridized carbons (Fsp3) is 0.429. The molecule has 0 aliphatic carbocycles. The molecule has 6 heteroatoms. The number of rotatable bonds is 9. The number of nitrogens with zero attached hydrogens (tertiary/aromatic N) is 3. The number of aliphatic hydroxyl groups excluding tert-OH is 1. The van der Waals surface area contributed by atoms with E-state index in [0.29, 0.717) is 13.0 Å². The molecule has 1 aromatic heterocycles. The van der Waals surface area contributed by atoms with Crippen molar-refractivity contribution in [3.8, 4) is 5.75 Å². The van der Waals surface area contributed by atoms with Gasteiger partial charge >= 0.3 is 0 Å². The molecular formula is C21H27N3O3. The molecule has 27 heavy (non-hydrogen) atoms. The molecule has 3 rings (SSSR count). The van der Waals surface area contributed by atoms with Crippen LogP contribution in [0, 0.1) is 0 Å². The van der Waals surface area contributed by atoms with E-state index in [-0.39, 0.29) is 23.5 Å². The molecule has 1 aliphatic heterocycles. The number of benzene rings is 1. The van der Waals surface area contributed by atoms with Gasteiger partial charge in [-0.2, -0.15) is 0 Å². The highest BCUT2D eigenvalue weighted by Gasteiger charge is 2.39. The Morgan fingerprint density at radius 2 is 1.85 bits per heavy atom. The summed E-state index contributed by atoms with van der Waals surface area (Å²) in [6.45, 7) is 3.44. The van der Waals surface area contributed by atoms with Crippen molar-refractivity contribution in [1.29, 1.82) is 0 Å². The van der Waals surface area contributed by atoms with Gasteiger partial charge in [-0.15, -0.1) is 0 Å². The Kier molecular flexibility index (Phi) is 6.16. The number of hydrogen-bond acceptors (Lipinski definition) is 4. The van der Waals surface area contributed by atoms with Gasteiger partial charge in [0.15, 0.2) is 5.76 Å². The highest BCUT2D eigenvalue weighted by molar-refractivity contribution is 5.95. The molecular weight excluding hydrogens is 342 g/mol. The Morgan fingerprint density at radius 1 is 1.07 bits per heavy atom. The first kappa shape index (κ1) is 19.0. The molecule has 0 fully saturated rings. The second-order valence-electron chi connectivity index (χ2n) is 6.98. The maximum absolute atomic E-state index is 12.7. The second-order valence-corrected chi connectivity index (χ2v) is 6.98. The number of aliphatic hydroxyl groups is 1. The molecule has 1 unspecified atom stereocenters. The molecule has 2 heterocycles. The zero-order valence-electron chi connectivity index (χ0n) is 15.7. The maximum atomic E-state index is 12.7. The number of phenolic OH excluding ortho intramolecular Hbond substituents is 1. The van der Waals surface area contributed by atoms with E-state index in [9.17, 15) is 15.0 Å². The SMILES string of the molecule is CCCCCC1=C(O)C(=O)N(CCCn2ccnc2)C1c1ccc(O)cc1. The Bertz CT molecular complexity index is 782. The van der Waals surface area contributed by atoms with E-state index in [4.69, 9.17) is 0 Å². The average molecular weight is 369 g/mol. The zero-order valence-corrected chi connectivity index (χ0v) is 15.7.